The molecule has 0 spiro atoms. The lowest BCUT2D eigenvalue weighted by Gasteiger charge is -2.33. The number of fused-ring (bicyclic) bond motifs is 1. The molecule has 3 aromatic rings. The van der Waals surface area contributed by atoms with Crippen LogP contribution >= 0.6 is 12.4 Å². The van der Waals surface area contributed by atoms with E-state index in [4.69, 9.17) is 8.83 Å². The van der Waals surface area contributed by atoms with Crippen molar-refractivity contribution in [2.75, 3.05) is 19.6 Å². The van der Waals surface area contributed by atoms with Gasteiger partial charge in [-0.15, -0.1) is 12.4 Å². The summed E-state index contributed by atoms with van der Waals surface area (Å²) in [7, 11) is 0. The lowest BCUT2D eigenvalue weighted by atomic mass is 10.1. The fourth-order valence-electron chi connectivity index (χ4n) is 3.92. The molecule has 1 aliphatic rings. The highest BCUT2D eigenvalue weighted by Gasteiger charge is 2.25. The van der Waals surface area contributed by atoms with Crippen LogP contribution in [0.5, 0.6) is 0 Å². The molecule has 1 unspecified atom stereocenters. The average Bonchev–Trinajstić information content (AvgIpc) is 3.25. The summed E-state index contributed by atoms with van der Waals surface area (Å²) >= 11 is 0. The summed E-state index contributed by atoms with van der Waals surface area (Å²) in [5, 5.41) is 3.42. The molecule has 0 saturated carbocycles. The zero-order valence-electron chi connectivity index (χ0n) is 17.3. The molecule has 1 amide bonds. The Morgan fingerprint density at radius 3 is 2.57 bits per heavy atom. The van der Waals surface area contributed by atoms with E-state index in [-0.39, 0.29) is 29.6 Å². The molecule has 30 heavy (non-hydrogen) atoms. The maximum Gasteiger partial charge on any atom is 0.287 e. The smallest absolute Gasteiger partial charge is 0.287 e. The zero-order valence-corrected chi connectivity index (χ0v) is 18.1. The molecule has 1 N–H and O–H groups in total. The maximum atomic E-state index is 12.8. The number of nitrogens with zero attached hydrogens (tertiary/aromatic N) is 1. The van der Waals surface area contributed by atoms with Gasteiger partial charge in [0, 0.05) is 12.6 Å². The minimum absolute atomic E-state index is 0. The number of amides is 1. The molecule has 0 bridgehead atoms. The first-order valence-electron chi connectivity index (χ1n) is 10.1. The van der Waals surface area contributed by atoms with E-state index in [0.717, 1.165) is 42.8 Å². The van der Waals surface area contributed by atoms with Crippen molar-refractivity contribution in [3.8, 4) is 0 Å². The van der Waals surface area contributed by atoms with Gasteiger partial charge in [-0.1, -0.05) is 6.42 Å². The molecule has 1 fully saturated rings. The molecule has 6 nitrogen and oxygen atoms in total. The van der Waals surface area contributed by atoms with Crippen LogP contribution in [0.2, 0.25) is 0 Å². The molecule has 1 aromatic carbocycles. The zero-order chi connectivity index (χ0) is 20.4. The predicted octanol–water partition coefficient (Wildman–Crippen LogP) is 4.38. The molecular formula is C23H27ClN2O4. The normalized spacial score (nSPS) is 15.5. The van der Waals surface area contributed by atoms with Crippen molar-refractivity contribution in [2.45, 2.75) is 39.2 Å². The number of rotatable bonds is 5. The van der Waals surface area contributed by atoms with Crippen LogP contribution in [0.25, 0.3) is 11.0 Å². The SMILES string of the molecule is Cc1cc2oc(C(=O)NCC(c3ccco3)N3CCCCC3)cc(=O)c2cc1C.Cl. The molecule has 7 heteroatoms. The van der Waals surface area contributed by atoms with Crippen LogP contribution in [0.4, 0.5) is 0 Å². The number of hydrogen-bond donors (Lipinski definition) is 1. The van der Waals surface area contributed by atoms with Crippen LogP contribution in [-0.4, -0.2) is 30.4 Å². The third-order valence-corrected chi connectivity index (χ3v) is 5.73. The fraction of sp³-hybridized carbons (Fsp3) is 0.391. The second-order valence-corrected chi connectivity index (χ2v) is 7.75. The first-order valence-corrected chi connectivity index (χ1v) is 10.1. The van der Waals surface area contributed by atoms with Crippen molar-refractivity contribution in [3.05, 3.63) is 69.5 Å². The Morgan fingerprint density at radius 2 is 1.87 bits per heavy atom. The molecule has 0 radical (unpaired) electrons. The Morgan fingerprint density at radius 1 is 1.13 bits per heavy atom. The molecule has 4 rings (SSSR count). The van der Waals surface area contributed by atoms with Crippen LogP contribution in [0.3, 0.4) is 0 Å². The Hall–Kier alpha value is -2.57. The minimum Gasteiger partial charge on any atom is -0.468 e. The molecular weight excluding hydrogens is 404 g/mol. The molecule has 3 heterocycles. The minimum atomic E-state index is -0.393. The van der Waals surface area contributed by atoms with E-state index in [0.29, 0.717) is 17.5 Å². The van der Waals surface area contributed by atoms with Gasteiger partial charge in [-0.2, -0.15) is 0 Å². The summed E-state index contributed by atoms with van der Waals surface area (Å²) in [6.07, 6.45) is 5.17. The third kappa shape index (κ3) is 4.60. The first kappa shape index (κ1) is 22.1. The highest BCUT2D eigenvalue weighted by atomic mass is 35.5. The average molecular weight is 431 g/mol. The number of carbonyl (C=O) groups is 1. The van der Waals surface area contributed by atoms with Gasteiger partial charge in [0.1, 0.15) is 11.3 Å². The number of hydrogen-bond acceptors (Lipinski definition) is 5. The summed E-state index contributed by atoms with van der Waals surface area (Å²) in [5.41, 5.74) is 2.26. The molecule has 0 aliphatic carbocycles. The molecule has 1 atom stereocenters. The van der Waals surface area contributed by atoms with Gasteiger partial charge in [-0.05, 0) is 75.2 Å². The third-order valence-electron chi connectivity index (χ3n) is 5.73. The van der Waals surface area contributed by atoms with E-state index < -0.39 is 5.91 Å². The Balaban J connectivity index is 0.00000256. The number of benzene rings is 1. The Bertz CT molecular complexity index is 1070. The van der Waals surface area contributed by atoms with Gasteiger partial charge in [-0.25, -0.2) is 0 Å². The number of furan rings is 1. The molecule has 2 aromatic heterocycles. The maximum absolute atomic E-state index is 12.8. The van der Waals surface area contributed by atoms with Gasteiger partial charge < -0.3 is 14.2 Å². The monoisotopic (exact) mass is 430 g/mol. The first-order chi connectivity index (χ1) is 14.0. The molecule has 160 valence electrons. The van der Waals surface area contributed by atoms with Crippen LogP contribution < -0.4 is 10.7 Å². The standard InChI is InChI=1S/C23H26N2O4.ClH/c1-15-11-17-19(26)13-22(29-21(17)12-16(15)2)23(27)24-14-18(20-7-6-10-28-20)25-8-4-3-5-9-25;/h6-7,10-13,18H,3-5,8-9,14H2,1-2H3,(H,24,27);1H. The lowest BCUT2D eigenvalue weighted by molar-refractivity contribution is 0.0888. The van der Waals surface area contributed by atoms with Crippen LogP contribution in [-0.2, 0) is 0 Å². The number of aryl methyl sites for hydroxylation is 2. The van der Waals surface area contributed by atoms with Gasteiger partial charge in [-0.3, -0.25) is 14.5 Å². The van der Waals surface area contributed by atoms with Crippen molar-refractivity contribution in [1.82, 2.24) is 10.2 Å². The van der Waals surface area contributed by atoms with Crippen molar-refractivity contribution < 1.29 is 13.6 Å². The van der Waals surface area contributed by atoms with Crippen molar-refractivity contribution in [3.63, 3.8) is 0 Å². The summed E-state index contributed by atoms with van der Waals surface area (Å²) in [6, 6.07) is 8.65. The van der Waals surface area contributed by atoms with E-state index in [2.05, 4.69) is 10.2 Å². The van der Waals surface area contributed by atoms with E-state index in [9.17, 15) is 9.59 Å². The number of nitrogens with one attached hydrogen (secondary N) is 1. The van der Waals surface area contributed by atoms with Crippen molar-refractivity contribution in [1.29, 1.82) is 0 Å². The summed E-state index contributed by atoms with van der Waals surface area (Å²) in [4.78, 5) is 27.6. The van der Waals surface area contributed by atoms with Gasteiger partial charge >= 0.3 is 0 Å². The van der Waals surface area contributed by atoms with E-state index in [1.54, 1.807) is 6.26 Å². The van der Waals surface area contributed by atoms with E-state index >= 15 is 0 Å². The van der Waals surface area contributed by atoms with Gasteiger partial charge in [0.05, 0.1) is 17.7 Å². The number of piperidine rings is 1. The van der Waals surface area contributed by atoms with Crippen molar-refractivity contribution >= 4 is 29.3 Å². The van der Waals surface area contributed by atoms with E-state index in [1.165, 1.54) is 12.5 Å². The highest BCUT2D eigenvalue weighted by molar-refractivity contribution is 5.93. The van der Waals surface area contributed by atoms with Crippen LogP contribution in [0, 0.1) is 13.8 Å². The topological polar surface area (TPSA) is 75.7 Å². The lowest BCUT2D eigenvalue weighted by Crippen LogP contribution is -2.40. The number of halogens is 1. The second kappa shape index (κ2) is 9.49. The van der Waals surface area contributed by atoms with Gasteiger partial charge in [0.25, 0.3) is 5.91 Å². The summed E-state index contributed by atoms with van der Waals surface area (Å²) in [5.74, 6) is 0.469. The van der Waals surface area contributed by atoms with Gasteiger partial charge in [0.2, 0.25) is 0 Å². The molecule has 1 aliphatic heterocycles. The number of likely N-dealkylation sites (tertiary alicyclic amines) is 1. The summed E-state index contributed by atoms with van der Waals surface area (Å²) < 4.78 is 11.4. The predicted molar refractivity (Wildman–Crippen MR) is 118 cm³/mol. The Kier molecular flexibility index (Phi) is 7.00. The highest BCUT2D eigenvalue weighted by Crippen LogP contribution is 2.25. The van der Waals surface area contributed by atoms with Crippen LogP contribution in [0.15, 0.2) is 50.2 Å². The quantitative estimate of drug-likeness (QED) is 0.650. The van der Waals surface area contributed by atoms with Gasteiger partial charge in [0.15, 0.2) is 11.2 Å². The second-order valence-electron chi connectivity index (χ2n) is 7.75. The van der Waals surface area contributed by atoms with E-state index in [1.807, 2.05) is 38.1 Å². The number of carbonyl (C=O) groups excluding carboxylic acids is 1. The van der Waals surface area contributed by atoms with Crippen LogP contribution in [0.1, 0.15) is 52.7 Å². The summed E-state index contributed by atoms with van der Waals surface area (Å²) in [6.45, 7) is 6.25. The molecule has 1 saturated heterocycles. The fourth-order valence-corrected chi connectivity index (χ4v) is 3.92. The Labute approximate surface area is 181 Å². The van der Waals surface area contributed by atoms with Crippen molar-refractivity contribution in [2.24, 2.45) is 0 Å². The largest absolute Gasteiger partial charge is 0.468 e.